The highest BCUT2D eigenvalue weighted by Gasteiger charge is 2.48. The average molecular weight is 988 g/mol. The summed E-state index contributed by atoms with van der Waals surface area (Å²) in [5.41, 5.74) is 3.33. The molecule has 0 aliphatic carbocycles. The fourth-order valence-corrected chi connectivity index (χ4v) is 6.39. The molecule has 0 bridgehead atoms. The standard InChI is InChI=1S/C44H69N5O18S/c1-25(2)30(50)10-14-61-16-18-63-20-21-64-19-17-62-15-11-32(51)48-33(26(3)4)38(55)49-44(24-68,12-7-13-46-43(45)60)42(59)47-29-9-8-28(23-65-40(58)27(5)6)22-31(29)66-41-36(54)34(52)35(53)37(67-41)39(56)57/h8-9,22,24-27,33-37,41,52-54H,7,10-21,23H2,1-6H3,(H,47,59)(H,48,51)(H,49,55)(H,56,57)(H3,45,46,60)/t33-,34-,35-,36+,37-,41+,44?/m0/s1. The predicted molar refractivity (Wildman–Crippen MR) is 245 cm³/mol. The van der Waals surface area contributed by atoms with E-state index in [1.165, 1.54) is 18.2 Å². The van der Waals surface area contributed by atoms with Crippen molar-refractivity contribution in [3.63, 3.8) is 0 Å². The Hall–Kier alpha value is -4.92. The van der Waals surface area contributed by atoms with E-state index in [1.54, 1.807) is 27.7 Å². The van der Waals surface area contributed by atoms with Crippen molar-refractivity contribution in [1.82, 2.24) is 16.0 Å². The van der Waals surface area contributed by atoms with Crippen molar-refractivity contribution >= 4 is 64.7 Å². The summed E-state index contributed by atoms with van der Waals surface area (Å²) in [6.07, 6.45) is -9.98. The number of ketones is 1. The molecule has 1 fully saturated rings. The van der Waals surface area contributed by atoms with E-state index in [4.69, 9.17) is 51.1 Å². The Balaban J connectivity index is 2.17. The number of carbonyl (C=O) groups is 7. The maximum absolute atomic E-state index is 14.4. The third-order valence-corrected chi connectivity index (χ3v) is 10.6. The molecule has 1 aromatic rings. The Morgan fingerprint density at radius 2 is 1.41 bits per heavy atom. The second-order valence-corrected chi connectivity index (χ2v) is 17.0. The third kappa shape index (κ3) is 20.4. The van der Waals surface area contributed by atoms with Gasteiger partial charge in [-0.25, -0.2) is 9.59 Å². The summed E-state index contributed by atoms with van der Waals surface area (Å²) in [7, 11) is 0. The van der Waals surface area contributed by atoms with Gasteiger partial charge in [0.1, 0.15) is 48.0 Å². The second kappa shape index (κ2) is 30.5. The van der Waals surface area contributed by atoms with Crippen LogP contribution in [0.25, 0.3) is 0 Å². The number of aliphatic hydroxyl groups excluding tert-OH is 3. The zero-order valence-electron chi connectivity index (χ0n) is 39.4. The second-order valence-electron chi connectivity index (χ2n) is 16.7. The van der Waals surface area contributed by atoms with Crippen LogP contribution in [-0.4, -0.2) is 169 Å². The highest BCUT2D eigenvalue weighted by molar-refractivity contribution is 7.79. The van der Waals surface area contributed by atoms with Gasteiger partial charge in [0.15, 0.2) is 6.10 Å². The Labute approximate surface area is 400 Å². The van der Waals surface area contributed by atoms with Crippen LogP contribution >= 0.6 is 12.2 Å². The summed E-state index contributed by atoms with van der Waals surface area (Å²) in [5, 5.41) is 52.3. The molecule has 1 aliphatic rings. The summed E-state index contributed by atoms with van der Waals surface area (Å²) in [4.78, 5) is 88.6. The summed E-state index contributed by atoms with van der Waals surface area (Å²) in [5.74, 6) is -5.68. The molecular formula is C44H69N5O18S. The number of aliphatic carboxylic acids is 1. The number of ether oxygens (including phenoxy) is 7. The minimum Gasteiger partial charge on any atom is -0.479 e. The van der Waals surface area contributed by atoms with Crippen LogP contribution in [-0.2, 0) is 63.8 Å². The van der Waals surface area contributed by atoms with Crippen LogP contribution < -0.4 is 31.7 Å². The van der Waals surface area contributed by atoms with Crippen molar-refractivity contribution in [1.29, 1.82) is 0 Å². The van der Waals surface area contributed by atoms with Gasteiger partial charge >= 0.3 is 18.0 Å². The summed E-state index contributed by atoms with van der Waals surface area (Å²) in [6.45, 7) is 12.0. The van der Waals surface area contributed by atoms with E-state index in [1.807, 2.05) is 13.8 Å². The molecule has 1 unspecified atom stereocenters. The lowest BCUT2D eigenvalue weighted by molar-refractivity contribution is -0.271. The number of primary amides is 1. The van der Waals surface area contributed by atoms with E-state index in [0.717, 1.165) is 5.37 Å². The number of nitrogens with one attached hydrogen (secondary N) is 4. The van der Waals surface area contributed by atoms with Crippen LogP contribution in [0, 0.1) is 17.8 Å². The fraction of sp³-hybridized carbons (Fsp3) is 0.682. The fourth-order valence-electron chi connectivity index (χ4n) is 6.11. The largest absolute Gasteiger partial charge is 0.479 e. The molecule has 0 radical (unpaired) electrons. The van der Waals surface area contributed by atoms with Gasteiger partial charge in [-0.15, -0.1) is 0 Å². The lowest BCUT2D eigenvalue weighted by Crippen LogP contribution is -2.62. The van der Waals surface area contributed by atoms with Crippen LogP contribution in [0.2, 0.25) is 0 Å². The van der Waals surface area contributed by atoms with Crippen molar-refractivity contribution in [3.05, 3.63) is 23.8 Å². The zero-order chi connectivity index (χ0) is 51.0. The van der Waals surface area contributed by atoms with Crippen molar-refractivity contribution in [3.8, 4) is 5.75 Å². The molecule has 24 heteroatoms. The van der Waals surface area contributed by atoms with Crippen molar-refractivity contribution in [2.24, 2.45) is 23.5 Å². The SMILES string of the molecule is CC(C)C(=O)CCOCCOCCOCCOCCC(=O)N[C@H](C(=O)NC(C=S)(CCCNC(N)=O)C(=O)Nc1ccc(COC(=O)C(C)C)cc1O[C@@H]1O[C@H](C(=O)O)[C@@H](O)[C@H](O)[C@H]1O)C(C)C. The summed E-state index contributed by atoms with van der Waals surface area (Å²) < 4.78 is 38.2. The molecule has 10 N–H and O–H groups in total. The monoisotopic (exact) mass is 987 g/mol. The lowest BCUT2D eigenvalue weighted by atomic mass is 9.92. The number of carboxylic acid groups (broad SMARTS) is 1. The number of Topliss-reactive ketones (excluding diaryl/α,β-unsaturated/α-hetero) is 1. The van der Waals surface area contributed by atoms with Gasteiger partial charge in [0, 0.05) is 30.7 Å². The van der Waals surface area contributed by atoms with Gasteiger partial charge in [-0.05, 0) is 36.5 Å². The molecular weight excluding hydrogens is 919 g/mol. The maximum Gasteiger partial charge on any atom is 0.335 e. The molecule has 1 heterocycles. The number of thiocarbonyl (C=S) groups is 1. The molecule has 7 atom stereocenters. The van der Waals surface area contributed by atoms with E-state index >= 15 is 0 Å². The van der Waals surface area contributed by atoms with Crippen molar-refractivity contribution in [2.45, 2.75) is 116 Å². The number of anilines is 1. The molecule has 0 saturated carbocycles. The van der Waals surface area contributed by atoms with Crippen molar-refractivity contribution in [2.75, 3.05) is 64.7 Å². The minimum atomic E-state index is -2.04. The van der Waals surface area contributed by atoms with Gasteiger partial charge in [-0.1, -0.05) is 59.8 Å². The topological polar surface area (TPSA) is 339 Å². The first-order valence-electron chi connectivity index (χ1n) is 22.3. The lowest BCUT2D eigenvalue weighted by Gasteiger charge is -2.38. The van der Waals surface area contributed by atoms with Gasteiger partial charge in [0.05, 0.1) is 64.5 Å². The van der Waals surface area contributed by atoms with E-state index in [2.05, 4.69) is 21.3 Å². The normalized spacial score (nSPS) is 19.4. The number of rotatable bonds is 33. The number of benzene rings is 1. The molecule has 1 saturated heterocycles. The molecule has 2 rings (SSSR count). The molecule has 0 aromatic heterocycles. The van der Waals surface area contributed by atoms with Gasteiger partial charge in [-0.2, -0.15) is 0 Å². The maximum atomic E-state index is 14.4. The Morgan fingerprint density at radius 1 is 0.824 bits per heavy atom. The number of aliphatic hydroxyl groups is 3. The first-order chi connectivity index (χ1) is 32.1. The number of amides is 5. The van der Waals surface area contributed by atoms with Gasteiger partial charge < -0.3 is 80.6 Å². The Kier molecular flexibility index (Phi) is 26.6. The first kappa shape index (κ1) is 59.2. The molecule has 68 heavy (non-hydrogen) atoms. The van der Waals surface area contributed by atoms with Crippen LogP contribution in [0.1, 0.15) is 72.8 Å². The molecule has 384 valence electrons. The summed E-state index contributed by atoms with van der Waals surface area (Å²) >= 11 is 5.35. The number of urea groups is 1. The average Bonchev–Trinajstić information content (AvgIpc) is 3.28. The highest BCUT2D eigenvalue weighted by atomic mass is 32.1. The smallest absolute Gasteiger partial charge is 0.335 e. The molecule has 0 spiro atoms. The Bertz CT molecular complexity index is 1820. The van der Waals surface area contributed by atoms with Crippen molar-refractivity contribution < 1.29 is 87.1 Å². The van der Waals surface area contributed by atoms with E-state index in [-0.39, 0.29) is 75.4 Å². The number of esters is 1. The van der Waals surface area contributed by atoms with Crippen LogP contribution in [0.5, 0.6) is 5.75 Å². The minimum absolute atomic E-state index is 0.00327. The van der Waals surface area contributed by atoms with E-state index < -0.39 is 89.8 Å². The van der Waals surface area contributed by atoms with E-state index in [0.29, 0.717) is 45.0 Å². The number of hydrogen-bond acceptors (Lipinski definition) is 18. The molecule has 23 nitrogen and oxygen atoms in total. The van der Waals surface area contributed by atoms with Gasteiger partial charge in [0.2, 0.25) is 18.1 Å². The molecule has 1 aliphatic heterocycles. The Morgan fingerprint density at radius 3 is 1.94 bits per heavy atom. The zero-order valence-corrected chi connectivity index (χ0v) is 40.2. The van der Waals surface area contributed by atoms with Crippen LogP contribution in [0.4, 0.5) is 10.5 Å². The van der Waals surface area contributed by atoms with Gasteiger partial charge in [-0.3, -0.25) is 24.0 Å². The van der Waals surface area contributed by atoms with Crippen LogP contribution in [0.15, 0.2) is 18.2 Å². The highest BCUT2D eigenvalue weighted by Crippen LogP contribution is 2.32. The quantitative estimate of drug-likeness (QED) is 0.0256. The number of nitrogens with two attached hydrogens (primary N) is 1. The number of carboxylic acids is 1. The number of hydrogen-bond donors (Lipinski definition) is 9. The predicted octanol–water partition coefficient (Wildman–Crippen LogP) is 0.111. The van der Waals surface area contributed by atoms with E-state index in [9.17, 15) is 54.0 Å². The van der Waals surface area contributed by atoms with Crippen LogP contribution in [0.3, 0.4) is 0 Å². The third-order valence-electron chi connectivity index (χ3n) is 10.2. The first-order valence-corrected chi connectivity index (χ1v) is 22.8. The molecule has 1 aromatic carbocycles. The summed E-state index contributed by atoms with van der Waals surface area (Å²) in [6, 6.07) is 1.99. The number of carbonyl (C=O) groups excluding carboxylic acids is 6. The molecule has 5 amide bonds. The van der Waals surface area contributed by atoms with Gasteiger partial charge in [0.25, 0.3) is 5.91 Å².